The third kappa shape index (κ3) is 3.30. The first kappa shape index (κ1) is 14.0. The fourth-order valence-corrected chi connectivity index (χ4v) is 2.33. The summed E-state index contributed by atoms with van der Waals surface area (Å²) in [6.45, 7) is 0.187. The highest BCUT2D eigenvalue weighted by atomic mass is 19.1. The lowest BCUT2D eigenvalue weighted by Gasteiger charge is -2.32. The molecule has 0 radical (unpaired) electrons. The average molecular weight is 272 g/mol. The lowest BCUT2D eigenvalue weighted by atomic mass is 9.85. The van der Waals surface area contributed by atoms with Crippen molar-refractivity contribution in [1.29, 1.82) is 0 Å². The number of hydrogen-bond donors (Lipinski definition) is 4. The van der Waals surface area contributed by atoms with E-state index >= 15 is 0 Å². The number of hydrogen-bond acceptors (Lipinski definition) is 5. The summed E-state index contributed by atoms with van der Waals surface area (Å²) in [4.78, 5) is 3.70. The van der Waals surface area contributed by atoms with Crippen LogP contribution < -0.4 is 16.6 Å². The van der Waals surface area contributed by atoms with Gasteiger partial charge in [-0.25, -0.2) is 19.6 Å². The molecule has 0 saturated heterocycles. The Morgan fingerprint density at radius 1 is 1.21 bits per heavy atom. The molecular weight excluding hydrogens is 254 g/mol. The topological polar surface area (TPSA) is 83.2 Å². The maximum atomic E-state index is 13.5. The van der Waals surface area contributed by atoms with E-state index < -0.39 is 17.2 Å². The third-order valence-corrected chi connectivity index (χ3v) is 3.44. The van der Waals surface area contributed by atoms with Gasteiger partial charge in [0.05, 0.1) is 5.60 Å². The zero-order valence-corrected chi connectivity index (χ0v) is 10.5. The van der Waals surface area contributed by atoms with Crippen molar-refractivity contribution in [3.05, 3.63) is 17.7 Å². The molecule has 5 N–H and O–H groups in total. The van der Waals surface area contributed by atoms with Crippen LogP contribution in [0, 0.1) is 11.6 Å². The monoisotopic (exact) mass is 272 g/mol. The summed E-state index contributed by atoms with van der Waals surface area (Å²) in [7, 11) is 0. The van der Waals surface area contributed by atoms with Crippen LogP contribution in [0.25, 0.3) is 0 Å². The van der Waals surface area contributed by atoms with Gasteiger partial charge in [0.1, 0.15) is 0 Å². The minimum Gasteiger partial charge on any atom is -0.388 e. The number of nitrogens with zero attached hydrogens (tertiary/aromatic N) is 1. The zero-order valence-electron chi connectivity index (χ0n) is 10.5. The Kier molecular flexibility index (Phi) is 4.16. The van der Waals surface area contributed by atoms with Gasteiger partial charge >= 0.3 is 0 Å². The van der Waals surface area contributed by atoms with E-state index in [-0.39, 0.29) is 18.2 Å². The number of aliphatic hydroxyl groups is 1. The van der Waals surface area contributed by atoms with Crippen LogP contribution in [0.1, 0.15) is 32.1 Å². The molecular formula is C12H18F2N4O. The van der Waals surface area contributed by atoms with Gasteiger partial charge in [-0.3, -0.25) is 0 Å². The summed E-state index contributed by atoms with van der Waals surface area (Å²) in [6.07, 6.45) is 4.35. The number of halogens is 2. The van der Waals surface area contributed by atoms with E-state index in [2.05, 4.69) is 15.7 Å². The highest BCUT2D eigenvalue weighted by molar-refractivity contribution is 5.47. The SMILES string of the molecule is NNc1nc(NCC2(O)CCCCC2)c(F)cc1F. The summed E-state index contributed by atoms with van der Waals surface area (Å²) in [5, 5.41) is 13.0. The number of nitrogens with one attached hydrogen (secondary N) is 2. The predicted molar refractivity (Wildman–Crippen MR) is 68.5 cm³/mol. The number of aromatic nitrogens is 1. The molecule has 5 nitrogen and oxygen atoms in total. The van der Waals surface area contributed by atoms with E-state index in [0.29, 0.717) is 18.9 Å². The van der Waals surface area contributed by atoms with Crippen LogP contribution in [-0.2, 0) is 0 Å². The summed E-state index contributed by atoms with van der Waals surface area (Å²) in [6, 6.07) is 0.704. The number of nitrogens with two attached hydrogens (primary N) is 1. The van der Waals surface area contributed by atoms with Gasteiger partial charge in [-0.05, 0) is 12.8 Å². The van der Waals surface area contributed by atoms with Crippen molar-refractivity contribution in [2.24, 2.45) is 5.84 Å². The predicted octanol–water partition coefficient (Wildman–Crippen LogP) is 1.75. The van der Waals surface area contributed by atoms with Crippen LogP contribution in [0.15, 0.2) is 6.07 Å². The first-order valence-electron chi connectivity index (χ1n) is 6.33. The first-order valence-corrected chi connectivity index (χ1v) is 6.33. The van der Waals surface area contributed by atoms with Crippen molar-refractivity contribution < 1.29 is 13.9 Å². The molecule has 19 heavy (non-hydrogen) atoms. The minimum absolute atomic E-state index is 0.117. The van der Waals surface area contributed by atoms with E-state index in [4.69, 9.17) is 5.84 Å². The van der Waals surface area contributed by atoms with Crippen LogP contribution in [0.2, 0.25) is 0 Å². The Morgan fingerprint density at radius 2 is 1.84 bits per heavy atom. The van der Waals surface area contributed by atoms with Gasteiger partial charge in [-0.2, -0.15) is 0 Å². The second-order valence-electron chi connectivity index (χ2n) is 4.93. The molecule has 1 aliphatic rings. The van der Waals surface area contributed by atoms with Crippen molar-refractivity contribution in [1.82, 2.24) is 4.98 Å². The van der Waals surface area contributed by atoms with Gasteiger partial charge in [-0.1, -0.05) is 19.3 Å². The third-order valence-electron chi connectivity index (χ3n) is 3.44. The quantitative estimate of drug-likeness (QED) is 0.496. The molecule has 0 bridgehead atoms. The van der Waals surface area contributed by atoms with Gasteiger partial charge in [-0.15, -0.1) is 0 Å². The fraction of sp³-hybridized carbons (Fsp3) is 0.583. The van der Waals surface area contributed by atoms with Crippen molar-refractivity contribution >= 4 is 11.6 Å². The molecule has 1 aliphatic carbocycles. The molecule has 1 aromatic heterocycles. The standard InChI is InChI=1S/C12H18F2N4O/c13-8-6-9(14)11(18-15)17-10(8)16-7-12(19)4-2-1-3-5-12/h6,19H,1-5,7,15H2,(H2,16,17,18). The zero-order chi connectivity index (χ0) is 13.9. The fourth-order valence-electron chi connectivity index (χ4n) is 2.33. The first-order chi connectivity index (χ1) is 9.04. The summed E-state index contributed by atoms with van der Waals surface area (Å²) < 4.78 is 26.7. The second kappa shape index (κ2) is 5.66. The number of anilines is 2. The normalized spacial score (nSPS) is 18.1. The number of rotatable bonds is 4. The van der Waals surface area contributed by atoms with E-state index in [9.17, 15) is 13.9 Å². The lowest BCUT2D eigenvalue weighted by Crippen LogP contribution is -2.39. The van der Waals surface area contributed by atoms with E-state index in [1.807, 2.05) is 0 Å². The summed E-state index contributed by atoms with van der Waals surface area (Å²) in [5.41, 5.74) is 1.20. The van der Waals surface area contributed by atoms with Crippen LogP contribution in [0.5, 0.6) is 0 Å². The van der Waals surface area contributed by atoms with Crippen molar-refractivity contribution in [2.45, 2.75) is 37.7 Å². The van der Waals surface area contributed by atoms with E-state index in [1.54, 1.807) is 0 Å². The second-order valence-corrected chi connectivity index (χ2v) is 4.93. The van der Waals surface area contributed by atoms with Crippen LogP contribution in [-0.4, -0.2) is 22.2 Å². The molecule has 0 spiro atoms. The minimum atomic E-state index is -0.859. The van der Waals surface area contributed by atoms with Crippen molar-refractivity contribution in [2.75, 3.05) is 17.3 Å². The van der Waals surface area contributed by atoms with Gasteiger partial charge in [0.25, 0.3) is 0 Å². The Morgan fingerprint density at radius 3 is 2.47 bits per heavy atom. The molecule has 1 heterocycles. The lowest BCUT2D eigenvalue weighted by molar-refractivity contribution is 0.0166. The molecule has 1 fully saturated rings. The van der Waals surface area contributed by atoms with Crippen LogP contribution in [0.4, 0.5) is 20.4 Å². The average Bonchev–Trinajstić information content (AvgIpc) is 2.39. The number of pyridine rings is 1. The van der Waals surface area contributed by atoms with Crippen molar-refractivity contribution in [3.8, 4) is 0 Å². The van der Waals surface area contributed by atoms with Gasteiger partial charge in [0.15, 0.2) is 23.3 Å². The maximum Gasteiger partial charge on any atom is 0.178 e. The summed E-state index contributed by atoms with van der Waals surface area (Å²) >= 11 is 0. The van der Waals surface area contributed by atoms with E-state index in [1.165, 1.54) is 0 Å². The Bertz CT molecular complexity index is 450. The Labute approximate surface area is 110 Å². The Hall–Kier alpha value is -1.47. The van der Waals surface area contributed by atoms with E-state index in [0.717, 1.165) is 19.3 Å². The van der Waals surface area contributed by atoms with Gasteiger partial charge in [0, 0.05) is 12.6 Å². The molecule has 1 saturated carbocycles. The molecule has 106 valence electrons. The Balaban J connectivity index is 2.06. The molecule has 0 atom stereocenters. The molecule has 0 unspecified atom stereocenters. The molecule has 0 aromatic carbocycles. The number of nitrogen functional groups attached to an aromatic ring is 1. The van der Waals surface area contributed by atoms with Crippen LogP contribution >= 0.6 is 0 Å². The highest BCUT2D eigenvalue weighted by Gasteiger charge is 2.29. The molecule has 0 aliphatic heterocycles. The summed E-state index contributed by atoms with van der Waals surface area (Å²) in [5.74, 6) is 3.06. The van der Waals surface area contributed by atoms with Crippen LogP contribution in [0.3, 0.4) is 0 Å². The van der Waals surface area contributed by atoms with Crippen molar-refractivity contribution in [3.63, 3.8) is 0 Å². The molecule has 7 heteroatoms. The molecule has 1 aromatic rings. The largest absolute Gasteiger partial charge is 0.388 e. The molecule has 2 rings (SSSR count). The smallest absolute Gasteiger partial charge is 0.178 e. The maximum absolute atomic E-state index is 13.5. The molecule has 0 amide bonds. The van der Waals surface area contributed by atoms with Gasteiger partial charge in [0.2, 0.25) is 0 Å². The van der Waals surface area contributed by atoms with Gasteiger partial charge < -0.3 is 15.8 Å². The number of hydrazine groups is 1. The highest BCUT2D eigenvalue weighted by Crippen LogP contribution is 2.28.